The number of carbonyl (C=O) groups excluding carboxylic acids is 1. The summed E-state index contributed by atoms with van der Waals surface area (Å²) in [5.74, 6) is -0.0748. The van der Waals surface area contributed by atoms with E-state index < -0.39 is 5.41 Å². The number of hydrogen-bond donors (Lipinski definition) is 1. The highest BCUT2D eigenvalue weighted by Gasteiger charge is 2.66. The SMILES string of the molecule is CC(=NNC(=O)C1(C)CC1(Br)Br)c1ccccc1C. The number of hydrogen-bond acceptors (Lipinski definition) is 2. The van der Waals surface area contributed by atoms with E-state index in [1.54, 1.807) is 0 Å². The smallest absolute Gasteiger partial charge is 0.248 e. The summed E-state index contributed by atoms with van der Waals surface area (Å²) in [6, 6.07) is 7.98. The fourth-order valence-corrected chi connectivity index (χ4v) is 3.42. The van der Waals surface area contributed by atoms with Crippen LogP contribution in [0.3, 0.4) is 0 Å². The van der Waals surface area contributed by atoms with Crippen molar-refractivity contribution in [3.05, 3.63) is 35.4 Å². The van der Waals surface area contributed by atoms with Crippen molar-refractivity contribution in [2.75, 3.05) is 0 Å². The number of rotatable bonds is 3. The molecule has 3 nitrogen and oxygen atoms in total. The molecule has 0 aliphatic heterocycles. The molecule has 5 heteroatoms. The summed E-state index contributed by atoms with van der Waals surface area (Å²) < 4.78 is -0.289. The molecule has 1 saturated carbocycles. The monoisotopic (exact) mass is 386 g/mol. The normalized spacial score (nSPS) is 25.0. The predicted molar refractivity (Wildman–Crippen MR) is 84.8 cm³/mol. The van der Waals surface area contributed by atoms with Gasteiger partial charge in [0.15, 0.2) is 0 Å². The van der Waals surface area contributed by atoms with E-state index in [0.717, 1.165) is 23.3 Å². The molecule has 1 N–H and O–H groups in total. The van der Waals surface area contributed by atoms with Gasteiger partial charge in [0.05, 0.1) is 14.4 Å². The van der Waals surface area contributed by atoms with Crippen LogP contribution in [0.15, 0.2) is 29.4 Å². The molecule has 1 aliphatic carbocycles. The Bertz CT molecular complexity index is 554. The Labute approximate surface area is 130 Å². The van der Waals surface area contributed by atoms with Gasteiger partial charge in [0.2, 0.25) is 5.91 Å². The van der Waals surface area contributed by atoms with Gasteiger partial charge in [-0.1, -0.05) is 56.1 Å². The van der Waals surface area contributed by atoms with Gasteiger partial charge in [0, 0.05) is 5.56 Å². The zero-order valence-electron chi connectivity index (χ0n) is 11.1. The second-order valence-electron chi connectivity index (χ2n) is 5.17. The van der Waals surface area contributed by atoms with Gasteiger partial charge in [-0.15, -0.1) is 0 Å². The first-order valence-electron chi connectivity index (χ1n) is 6.06. The van der Waals surface area contributed by atoms with Crippen molar-refractivity contribution in [2.24, 2.45) is 10.5 Å². The van der Waals surface area contributed by atoms with Gasteiger partial charge in [0.1, 0.15) is 0 Å². The van der Waals surface area contributed by atoms with Crippen LogP contribution in [0.4, 0.5) is 0 Å². The second kappa shape index (κ2) is 5.02. The van der Waals surface area contributed by atoms with Crippen molar-refractivity contribution in [2.45, 2.75) is 30.4 Å². The Morgan fingerprint density at radius 1 is 1.37 bits per heavy atom. The molecule has 0 radical (unpaired) electrons. The Morgan fingerprint density at radius 3 is 2.47 bits per heavy atom. The lowest BCUT2D eigenvalue weighted by atomic mass is 10.1. The fourth-order valence-electron chi connectivity index (χ4n) is 1.94. The standard InChI is InChI=1S/C14H16Br2N2O/c1-9-6-4-5-7-11(9)10(2)17-18-12(19)13(3)8-14(13,15)16/h4-7H,8H2,1-3H3,(H,18,19). The molecule has 0 saturated heterocycles. The van der Waals surface area contributed by atoms with E-state index >= 15 is 0 Å². The zero-order valence-corrected chi connectivity index (χ0v) is 14.3. The average Bonchev–Trinajstić information content (AvgIpc) is 2.87. The minimum Gasteiger partial charge on any atom is -0.272 e. The van der Waals surface area contributed by atoms with E-state index in [2.05, 4.69) is 42.4 Å². The molecule has 1 aromatic carbocycles. The molecule has 1 aliphatic rings. The molecule has 1 amide bonds. The molecule has 0 aromatic heterocycles. The summed E-state index contributed by atoms with van der Waals surface area (Å²) in [6.07, 6.45) is 0.755. The summed E-state index contributed by atoms with van der Waals surface area (Å²) >= 11 is 6.96. The first-order valence-corrected chi connectivity index (χ1v) is 7.65. The van der Waals surface area contributed by atoms with Gasteiger partial charge in [-0.3, -0.25) is 4.79 Å². The number of benzene rings is 1. The maximum Gasteiger partial charge on any atom is 0.248 e. The lowest BCUT2D eigenvalue weighted by Crippen LogP contribution is -2.30. The number of carbonyl (C=O) groups is 1. The van der Waals surface area contributed by atoms with E-state index in [9.17, 15) is 4.79 Å². The molecule has 1 unspecified atom stereocenters. The van der Waals surface area contributed by atoms with Crippen LogP contribution in [0.1, 0.15) is 31.4 Å². The molecule has 0 heterocycles. The van der Waals surface area contributed by atoms with Crippen molar-refractivity contribution in [1.29, 1.82) is 0 Å². The molecule has 19 heavy (non-hydrogen) atoms. The van der Waals surface area contributed by atoms with Crippen LogP contribution in [-0.4, -0.2) is 14.9 Å². The highest BCUT2D eigenvalue weighted by atomic mass is 79.9. The number of nitrogens with zero attached hydrogens (tertiary/aromatic N) is 1. The third-order valence-electron chi connectivity index (χ3n) is 3.62. The lowest BCUT2D eigenvalue weighted by molar-refractivity contribution is -0.125. The van der Waals surface area contributed by atoms with E-state index in [4.69, 9.17) is 0 Å². The van der Waals surface area contributed by atoms with E-state index in [-0.39, 0.29) is 9.14 Å². The van der Waals surface area contributed by atoms with Crippen LogP contribution in [-0.2, 0) is 4.79 Å². The molecule has 0 bridgehead atoms. The molecule has 1 atom stereocenters. The van der Waals surface area contributed by atoms with Crippen LogP contribution < -0.4 is 5.43 Å². The number of amides is 1. The van der Waals surface area contributed by atoms with Crippen LogP contribution >= 0.6 is 31.9 Å². The van der Waals surface area contributed by atoms with Crippen molar-refractivity contribution >= 4 is 43.5 Å². The Balaban J connectivity index is 2.08. The lowest BCUT2D eigenvalue weighted by Gasteiger charge is -2.11. The van der Waals surface area contributed by atoms with E-state index in [1.165, 1.54) is 0 Å². The zero-order chi connectivity index (χ0) is 14.3. The highest BCUT2D eigenvalue weighted by molar-refractivity contribution is 9.25. The minimum absolute atomic E-state index is 0.0748. The van der Waals surface area contributed by atoms with Gasteiger partial charge >= 0.3 is 0 Å². The van der Waals surface area contributed by atoms with Crippen LogP contribution in [0, 0.1) is 12.3 Å². The summed E-state index contributed by atoms with van der Waals surface area (Å²) in [5, 5.41) is 4.20. The Morgan fingerprint density at radius 2 is 1.95 bits per heavy atom. The summed E-state index contributed by atoms with van der Waals surface area (Å²) in [5.41, 5.74) is 5.22. The van der Waals surface area contributed by atoms with E-state index in [0.29, 0.717) is 0 Å². The summed E-state index contributed by atoms with van der Waals surface area (Å²) in [4.78, 5) is 12.1. The van der Waals surface area contributed by atoms with Crippen LogP contribution in [0.5, 0.6) is 0 Å². The molecular weight excluding hydrogens is 372 g/mol. The molecule has 1 aromatic rings. The van der Waals surface area contributed by atoms with Crippen molar-refractivity contribution in [3.63, 3.8) is 0 Å². The number of alkyl halides is 2. The third-order valence-corrected chi connectivity index (χ3v) is 5.93. The molecule has 2 rings (SSSR count). The quantitative estimate of drug-likeness (QED) is 0.479. The van der Waals surface area contributed by atoms with Gasteiger partial charge in [0.25, 0.3) is 0 Å². The van der Waals surface area contributed by atoms with Crippen molar-refractivity contribution in [1.82, 2.24) is 5.43 Å². The Hall–Kier alpha value is -0.680. The fraction of sp³-hybridized carbons (Fsp3) is 0.429. The number of nitrogens with one attached hydrogen (secondary N) is 1. The number of halogens is 2. The van der Waals surface area contributed by atoms with Crippen LogP contribution in [0.2, 0.25) is 0 Å². The second-order valence-corrected chi connectivity index (χ2v) is 8.94. The highest BCUT2D eigenvalue weighted by Crippen LogP contribution is 2.66. The molecule has 102 valence electrons. The molecule has 1 fully saturated rings. The topological polar surface area (TPSA) is 41.5 Å². The van der Waals surface area contributed by atoms with Gasteiger partial charge in [-0.2, -0.15) is 5.10 Å². The first kappa shape index (κ1) is 14.7. The molecule has 0 spiro atoms. The average molecular weight is 388 g/mol. The van der Waals surface area contributed by atoms with Crippen molar-refractivity contribution in [3.8, 4) is 0 Å². The first-order chi connectivity index (χ1) is 8.78. The minimum atomic E-state index is -0.442. The summed E-state index contributed by atoms with van der Waals surface area (Å²) in [6.45, 7) is 5.83. The van der Waals surface area contributed by atoms with Gasteiger partial charge in [-0.05, 0) is 32.8 Å². The third kappa shape index (κ3) is 2.77. The maximum absolute atomic E-state index is 12.1. The Kier molecular flexibility index (Phi) is 3.89. The number of aryl methyl sites for hydroxylation is 1. The number of hydrazone groups is 1. The predicted octanol–water partition coefficient (Wildman–Crippen LogP) is 3.73. The largest absolute Gasteiger partial charge is 0.272 e. The van der Waals surface area contributed by atoms with Crippen molar-refractivity contribution < 1.29 is 4.79 Å². The maximum atomic E-state index is 12.1. The molecular formula is C14H16Br2N2O. The van der Waals surface area contributed by atoms with Crippen LogP contribution in [0.25, 0.3) is 0 Å². The summed E-state index contributed by atoms with van der Waals surface area (Å²) in [7, 11) is 0. The van der Waals surface area contributed by atoms with Gasteiger partial charge < -0.3 is 0 Å². The van der Waals surface area contributed by atoms with Gasteiger partial charge in [-0.25, -0.2) is 5.43 Å². The van der Waals surface area contributed by atoms with E-state index in [1.807, 2.05) is 45.0 Å².